The third kappa shape index (κ3) is 6.35. The smallest absolute Gasteiger partial charge is 0.233 e. The number of amides is 1. The van der Waals surface area contributed by atoms with Crippen molar-refractivity contribution < 1.29 is 9.53 Å². The van der Waals surface area contributed by atoms with Crippen molar-refractivity contribution in [3.8, 4) is 0 Å². The van der Waals surface area contributed by atoms with Crippen LogP contribution >= 0.6 is 11.8 Å². The fourth-order valence-electron chi connectivity index (χ4n) is 1.66. The number of rotatable bonds is 8. The molecule has 1 atom stereocenters. The highest BCUT2D eigenvalue weighted by Crippen LogP contribution is 2.24. The normalized spacial score (nSPS) is 19.9. The Hall–Kier alpha value is -0.260. The predicted octanol–water partition coefficient (Wildman–Crippen LogP) is 0.624. The van der Waals surface area contributed by atoms with Crippen molar-refractivity contribution in [2.75, 3.05) is 39.1 Å². The molecular formula is C11H22N2O2S. The summed E-state index contributed by atoms with van der Waals surface area (Å²) < 4.78 is 4.90. The Bertz CT molecular complexity index is 196. The quantitative estimate of drug-likeness (QED) is 0.617. The molecule has 94 valence electrons. The highest BCUT2D eigenvalue weighted by atomic mass is 32.2. The number of ether oxygens (including phenoxy) is 1. The minimum atomic E-state index is 0.0825. The van der Waals surface area contributed by atoms with Crippen molar-refractivity contribution in [3.05, 3.63) is 0 Å². The van der Waals surface area contributed by atoms with Crippen LogP contribution < -0.4 is 10.6 Å². The lowest BCUT2D eigenvalue weighted by Crippen LogP contribution is -2.36. The number of methoxy groups -OCH3 is 1. The molecule has 1 amide bonds. The molecule has 0 aliphatic carbocycles. The summed E-state index contributed by atoms with van der Waals surface area (Å²) in [6.07, 6.45) is 3.48. The molecule has 0 aromatic carbocycles. The van der Waals surface area contributed by atoms with Gasteiger partial charge in [0, 0.05) is 32.1 Å². The van der Waals surface area contributed by atoms with Gasteiger partial charge in [-0.1, -0.05) is 0 Å². The summed E-state index contributed by atoms with van der Waals surface area (Å²) >= 11 is 2.01. The zero-order chi connectivity index (χ0) is 11.6. The zero-order valence-electron chi connectivity index (χ0n) is 9.96. The monoisotopic (exact) mass is 246 g/mol. The van der Waals surface area contributed by atoms with Gasteiger partial charge in [0.05, 0.1) is 6.54 Å². The van der Waals surface area contributed by atoms with Crippen LogP contribution in [-0.4, -0.2) is 50.3 Å². The second-order valence-electron chi connectivity index (χ2n) is 3.96. The van der Waals surface area contributed by atoms with Crippen molar-refractivity contribution in [1.29, 1.82) is 0 Å². The van der Waals surface area contributed by atoms with Crippen molar-refractivity contribution in [2.45, 2.75) is 24.5 Å². The van der Waals surface area contributed by atoms with Gasteiger partial charge in [-0.3, -0.25) is 4.79 Å². The van der Waals surface area contributed by atoms with Crippen molar-refractivity contribution in [1.82, 2.24) is 10.6 Å². The Labute approximate surface area is 102 Å². The third-order valence-corrected chi connectivity index (χ3v) is 3.93. The summed E-state index contributed by atoms with van der Waals surface area (Å²) in [4.78, 5) is 11.4. The molecule has 1 unspecified atom stereocenters. The van der Waals surface area contributed by atoms with Gasteiger partial charge in [0.1, 0.15) is 0 Å². The van der Waals surface area contributed by atoms with E-state index in [1.165, 1.54) is 18.6 Å². The first-order valence-electron chi connectivity index (χ1n) is 5.91. The molecule has 1 rings (SSSR count). The molecule has 0 bridgehead atoms. The number of carbonyl (C=O) groups excluding carboxylic acids is 1. The van der Waals surface area contributed by atoms with Crippen LogP contribution in [0.3, 0.4) is 0 Å². The van der Waals surface area contributed by atoms with Crippen LogP contribution in [0, 0.1) is 0 Å². The highest BCUT2D eigenvalue weighted by molar-refractivity contribution is 8.00. The number of nitrogens with one attached hydrogen (secondary N) is 2. The molecule has 1 aliphatic rings. The second kappa shape index (κ2) is 8.84. The third-order valence-electron chi connectivity index (χ3n) is 2.53. The molecule has 0 aromatic rings. The van der Waals surface area contributed by atoms with Crippen molar-refractivity contribution in [3.63, 3.8) is 0 Å². The first kappa shape index (κ1) is 13.8. The van der Waals surface area contributed by atoms with Gasteiger partial charge in [-0.15, -0.1) is 0 Å². The van der Waals surface area contributed by atoms with Gasteiger partial charge in [0.2, 0.25) is 5.91 Å². The lowest BCUT2D eigenvalue weighted by Gasteiger charge is -2.10. The summed E-state index contributed by atoms with van der Waals surface area (Å²) in [6, 6.07) is 0. The lowest BCUT2D eigenvalue weighted by atomic mass is 10.2. The maximum absolute atomic E-state index is 11.4. The summed E-state index contributed by atoms with van der Waals surface area (Å²) in [5.74, 6) is 1.36. The largest absolute Gasteiger partial charge is 0.385 e. The van der Waals surface area contributed by atoms with E-state index in [2.05, 4.69) is 10.6 Å². The fraction of sp³-hybridized carbons (Fsp3) is 0.909. The van der Waals surface area contributed by atoms with E-state index >= 15 is 0 Å². The van der Waals surface area contributed by atoms with Gasteiger partial charge in [0.15, 0.2) is 0 Å². The first-order valence-corrected chi connectivity index (χ1v) is 6.95. The minimum absolute atomic E-state index is 0.0825. The molecule has 0 aromatic heterocycles. The maximum Gasteiger partial charge on any atom is 0.233 e. The highest BCUT2D eigenvalue weighted by Gasteiger charge is 2.14. The van der Waals surface area contributed by atoms with Crippen LogP contribution in [0.15, 0.2) is 0 Å². The Morgan fingerprint density at radius 3 is 3.12 bits per heavy atom. The van der Waals surface area contributed by atoms with Crippen LogP contribution in [-0.2, 0) is 9.53 Å². The Morgan fingerprint density at radius 2 is 2.44 bits per heavy atom. The van der Waals surface area contributed by atoms with E-state index in [-0.39, 0.29) is 5.91 Å². The summed E-state index contributed by atoms with van der Waals surface area (Å²) in [7, 11) is 1.67. The average Bonchev–Trinajstić information content (AvgIpc) is 2.77. The van der Waals surface area contributed by atoms with Crippen molar-refractivity contribution >= 4 is 17.7 Å². The Morgan fingerprint density at radius 1 is 1.56 bits per heavy atom. The molecule has 2 N–H and O–H groups in total. The van der Waals surface area contributed by atoms with Gasteiger partial charge >= 0.3 is 0 Å². The minimum Gasteiger partial charge on any atom is -0.385 e. The van der Waals surface area contributed by atoms with E-state index in [1.54, 1.807) is 7.11 Å². The summed E-state index contributed by atoms with van der Waals surface area (Å²) in [5.41, 5.74) is 0. The molecule has 0 radical (unpaired) electrons. The molecule has 0 spiro atoms. The van der Waals surface area contributed by atoms with Crippen LogP contribution in [0.1, 0.15) is 19.3 Å². The lowest BCUT2D eigenvalue weighted by molar-refractivity contribution is -0.120. The zero-order valence-corrected chi connectivity index (χ0v) is 10.8. The van der Waals surface area contributed by atoms with E-state index in [4.69, 9.17) is 4.74 Å². The van der Waals surface area contributed by atoms with Gasteiger partial charge in [-0.05, 0) is 25.0 Å². The van der Waals surface area contributed by atoms with Crippen LogP contribution in [0.2, 0.25) is 0 Å². The number of hydrogen-bond donors (Lipinski definition) is 2. The summed E-state index contributed by atoms with van der Waals surface area (Å²) in [5, 5.41) is 6.77. The molecule has 1 aliphatic heterocycles. The predicted molar refractivity (Wildman–Crippen MR) is 67.9 cm³/mol. The second-order valence-corrected chi connectivity index (χ2v) is 5.37. The van der Waals surface area contributed by atoms with E-state index in [1.807, 2.05) is 11.8 Å². The van der Waals surface area contributed by atoms with Gasteiger partial charge in [-0.2, -0.15) is 11.8 Å². The average molecular weight is 246 g/mol. The molecule has 16 heavy (non-hydrogen) atoms. The number of thioether (sulfide) groups is 1. The Balaban J connectivity index is 1.89. The van der Waals surface area contributed by atoms with E-state index in [0.29, 0.717) is 24.9 Å². The maximum atomic E-state index is 11.4. The Kier molecular flexibility index (Phi) is 7.63. The summed E-state index contributed by atoms with van der Waals surface area (Å²) in [6.45, 7) is 2.79. The molecule has 5 heteroatoms. The molecule has 1 saturated heterocycles. The van der Waals surface area contributed by atoms with E-state index in [9.17, 15) is 4.79 Å². The molecule has 0 saturated carbocycles. The van der Waals surface area contributed by atoms with E-state index in [0.717, 1.165) is 13.0 Å². The van der Waals surface area contributed by atoms with E-state index < -0.39 is 0 Å². The van der Waals surface area contributed by atoms with Crippen LogP contribution in [0.4, 0.5) is 0 Å². The topological polar surface area (TPSA) is 50.4 Å². The SMILES string of the molecule is COCCCNC(=O)CNCC1CCCS1. The standard InChI is InChI=1S/C11H22N2O2S/c1-15-6-3-5-13-11(14)9-12-8-10-4-2-7-16-10/h10,12H,2-9H2,1H3,(H,13,14). The van der Waals surface area contributed by atoms with Gasteiger partial charge in [0.25, 0.3) is 0 Å². The number of carbonyl (C=O) groups is 1. The number of hydrogen-bond acceptors (Lipinski definition) is 4. The molecule has 1 heterocycles. The van der Waals surface area contributed by atoms with Gasteiger partial charge in [-0.25, -0.2) is 0 Å². The fourth-order valence-corrected chi connectivity index (χ4v) is 2.89. The molecule has 1 fully saturated rings. The van der Waals surface area contributed by atoms with Crippen molar-refractivity contribution in [2.24, 2.45) is 0 Å². The van der Waals surface area contributed by atoms with Gasteiger partial charge < -0.3 is 15.4 Å². The van der Waals surface area contributed by atoms with Crippen LogP contribution in [0.25, 0.3) is 0 Å². The molecular weight excluding hydrogens is 224 g/mol. The van der Waals surface area contributed by atoms with Crippen LogP contribution in [0.5, 0.6) is 0 Å². The first-order chi connectivity index (χ1) is 7.83. The molecule has 4 nitrogen and oxygen atoms in total.